The van der Waals surface area contributed by atoms with Gasteiger partial charge in [0.25, 0.3) is 0 Å². The van der Waals surface area contributed by atoms with Gasteiger partial charge in [-0.3, -0.25) is 4.68 Å². The van der Waals surface area contributed by atoms with Crippen LogP contribution in [0, 0.1) is 6.92 Å². The molecule has 0 aliphatic heterocycles. The first-order chi connectivity index (χ1) is 9.53. The number of aromatic nitrogens is 2. The Morgan fingerprint density at radius 2 is 2.20 bits per heavy atom. The molecule has 1 aromatic rings. The first-order valence-corrected chi connectivity index (χ1v) is 8.73. The lowest BCUT2D eigenvalue weighted by Crippen LogP contribution is -2.25. The number of rotatable bonds is 6. The molecule has 0 atom stereocenters. The second-order valence-electron chi connectivity index (χ2n) is 5.19. The van der Waals surface area contributed by atoms with E-state index in [2.05, 4.69) is 15.9 Å². The molecule has 20 heavy (non-hydrogen) atoms. The summed E-state index contributed by atoms with van der Waals surface area (Å²) in [6.07, 6.45) is 9.36. The summed E-state index contributed by atoms with van der Waals surface area (Å²) in [5.41, 5.74) is 1.93. The highest BCUT2D eigenvalue weighted by molar-refractivity contribution is 7.89. The molecule has 2 rings (SSSR count). The summed E-state index contributed by atoms with van der Waals surface area (Å²) in [6.45, 7) is 4.80. The molecule has 0 saturated carbocycles. The molecule has 1 aromatic heterocycles. The fourth-order valence-corrected chi connectivity index (χ4v) is 3.70. The molecule has 1 heterocycles. The molecule has 0 unspecified atom stereocenters. The van der Waals surface area contributed by atoms with Gasteiger partial charge in [-0.1, -0.05) is 11.6 Å². The summed E-state index contributed by atoms with van der Waals surface area (Å²) in [5.74, 6) is 0. The Labute approximate surface area is 121 Å². The molecule has 1 aliphatic rings. The minimum atomic E-state index is -3.44. The molecular weight excluding hydrogens is 274 g/mol. The predicted octanol–water partition coefficient (Wildman–Crippen LogP) is 2.38. The van der Waals surface area contributed by atoms with Gasteiger partial charge >= 0.3 is 0 Å². The lowest BCUT2D eigenvalue weighted by Gasteiger charge is -2.12. The van der Waals surface area contributed by atoms with Crippen molar-refractivity contribution in [1.82, 2.24) is 14.5 Å². The lowest BCUT2D eigenvalue weighted by atomic mass is 9.97. The quantitative estimate of drug-likeness (QED) is 0.820. The highest BCUT2D eigenvalue weighted by Crippen LogP contribution is 2.20. The van der Waals surface area contributed by atoms with Crippen molar-refractivity contribution in [2.24, 2.45) is 0 Å². The Morgan fingerprint density at radius 1 is 1.40 bits per heavy atom. The van der Waals surface area contributed by atoms with Crippen LogP contribution >= 0.6 is 0 Å². The van der Waals surface area contributed by atoms with E-state index in [9.17, 15) is 8.42 Å². The minimum Gasteiger partial charge on any atom is -0.271 e. The Balaban J connectivity index is 1.96. The average molecular weight is 297 g/mol. The van der Waals surface area contributed by atoms with Crippen LogP contribution in [0.25, 0.3) is 0 Å². The average Bonchev–Trinajstić information content (AvgIpc) is 2.82. The van der Waals surface area contributed by atoms with Crippen LogP contribution in [0.5, 0.6) is 0 Å². The standard InChI is InChI=1S/C14H23N3O2S/c1-3-17-11-14(12(2)16-17)20(18,19)15-10-9-13-7-5-4-6-8-13/h7,11,15H,3-6,8-10H2,1-2H3. The minimum absolute atomic E-state index is 0.289. The number of allylic oxidation sites excluding steroid dienone is 1. The summed E-state index contributed by atoms with van der Waals surface area (Å²) in [6, 6.07) is 0. The van der Waals surface area contributed by atoms with Gasteiger partial charge < -0.3 is 0 Å². The van der Waals surface area contributed by atoms with Crippen molar-refractivity contribution in [2.75, 3.05) is 6.54 Å². The second kappa shape index (κ2) is 6.54. The zero-order chi connectivity index (χ0) is 14.6. The Morgan fingerprint density at radius 3 is 2.80 bits per heavy atom. The number of nitrogens with zero attached hydrogens (tertiary/aromatic N) is 2. The number of sulfonamides is 1. The van der Waals surface area contributed by atoms with Gasteiger partial charge in [-0.2, -0.15) is 5.10 Å². The first-order valence-electron chi connectivity index (χ1n) is 7.24. The van der Waals surface area contributed by atoms with Gasteiger partial charge in [0.1, 0.15) is 4.90 Å². The molecule has 0 saturated heterocycles. The van der Waals surface area contributed by atoms with Crippen LogP contribution in [0.4, 0.5) is 0 Å². The second-order valence-corrected chi connectivity index (χ2v) is 6.93. The molecule has 0 spiro atoms. The molecule has 0 bridgehead atoms. The van der Waals surface area contributed by atoms with Crippen molar-refractivity contribution in [3.63, 3.8) is 0 Å². The van der Waals surface area contributed by atoms with Crippen LogP contribution in [0.15, 0.2) is 22.7 Å². The summed E-state index contributed by atoms with van der Waals surface area (Å²) in [5, 5.41) is 4.18. The molecule has 1 aliphatic carbocycles. The predicted molar refractivity (Wildman–Crippen MR) is 79.0 cm³/mol. The van der Waals surface area contributed by atoms with Crippen LogP contribution in [0.3, 0.4) is 0 Å². The van der Waals surface area contributed by atoms with E-state index in [1.807, 2.05) is 6.92 Å². The molecule has 5 nitrogen and oxygen atoms in total. The zero-order valence-corrected chi connectivity index (χ0v) is 13.0. The maximum atomic E-state index is 12.2. The SMILES string of the molecule is CCn1cc(S(=O)(=O)NCCC2=CCCCC2)c(C)n1. The highest BCUT2D eigenvalue weighted by atomic mass is 32.2. The van der Waals surface area contributed by atoms with E-state index in [1.165, 1.54) is 18.4 Å². The number of hydrogen-bond donors (Lipinski definition) is 1. The van der Waals surface area contributed by atoms with Crippen LogP contribution in [0.2, 0.25) is 0 Å². The van der Waals surface area contributed by atoms with E-state index >= 15 is 0 Å². The van der Waals surface area contributed by atoms with Gasteiger partial charge in [0.15, 0.2) is 0 Å². The normalized spacial score (nSPS) is 16.2. The Bertz CT molecular complexity index is 588. The Hall–Kier alpha value is -1.14. The fourth-order valence-electron chi connectivity index (χ4n) is 2.48. The third-order valence-electron chi connectivity index (χ3n) is 3.64. The van der Waals surface area contributed by atoms with Crippen molar-refractivity contribution < 1.29 is 8.42 Å². The Kier molecular flexibility index (Phi) is 4.99. The summed E-state index contributed by atoms with van der Waals surface area (Å²) >= 11 is 0. The molecule has 0 aromatic carbocycles. The third-order valence-corrected chi connectivity index (χ3v) is 5.20. The molecular formula is C14H23N3O2S. The molecule has 6 heteroatoms. The van der Waals surface area contributed by atoms with E-state index in [4.69, 9.17) is 0 Å². The van der Waals surface area contributed by atoms with E-state index in [1.54, 1.807) is 17.8 Å². The van der Waals surface area contributed by atoms with Crippen molar-refractivity contribution >= 4 is 10.0 Å². The molecule has 0 fully saturated rings. The molecule has 112 valence electrons. The fraction of sp³-hybridized carbons (Fsp3) is 0.643. The van der Waals surface area contributed by atoms with Crippen molar-refractivity contribution in [1.29, 1.82) is 0 Å². The van der Waals surface area contributed by atoms with Crippen LogP contribution in [-0.2, 0) is 16.6 Å². The lowest BCUT2D eigenvalue weighted by molar-refractivity contribution is 0.578. The van der Waals surface area contributed by atoms with E-state index < -0.39 is 10.0 Å². The van der Waals surface area contributed by atoms with Gasteiger partial charge in [-0.15, -0.1) is 0 Å². The highest BCUT2D eigenvalue weighted by Gasteiger charge is 2.19. The summed E-state index contributed by atoms with van der Waals surface area (Å²) in [4.78, 5) is 0.289. The third kappa shape index (κ3) is 3.70. The van der Waals surface area contributed by atoms with E-state index in [0.29, 0.717) is 18.8 Å². The topological polar surface area (TPSA) is 64.0 Å². The molecule has 0 amide bonds. The smallest absolute Gasteiger partial charge is 0.243 e. The monoisotopic (exact) mass is 297 g/mol. The molecule has 0 radical (unpaired) electrons. The van der Waals surface area contributed by atoms with E-state index in [-0.39, 0.29) is 4.90 Å². The summed E-state index contributed by atoms with van der Waals surface area (Å²) < 4.78 is 28.8. The summed E-state index contributed by atoms with van der Waals surface area (Å²) in [7, 11) is -3.44. The first kappa shape index (κ1) is 15.3. The van der Waals surface area contributed by atoms with Gasteiger partial charge in [0.2, 0.25) is 10.0 Å². The van der Waals surface area contributed by atoms with Gasteiger partial charge in [-0.05, 0) is 46.0 Å². The van der Waals surface area contributed by atoms with Gasteiger partial charge in [0, 0.05) is 19.3 Å². The van der Waals surface area contributed by atoms with Crippen LogP contribution in [-0.4, -0.2) is 24.7 Å². The van der Waals surface area contributed by atoms with Crippen molar-refractivity contribution in [3.8, 4) is 0 Å². The largest absolute Gasteiger partial charge is 0.271 e. The number of aryl methyl sites for hydroxylation is 2. The molecule has 1 N–H and O–H groups in total. The van der Waals surface area contributed by atoms with Crippen LogP contribution < -0.4 is 4.72 Å². The van der Waals surface area contributed by atoms with Crippen molar-refractivity contribution in [3.05, 3.63) is 23.5 Å². The number of hydrogen-bond acceptors (Lipinski definition) is 3. The number of nitrogens with one attached hydrogen (secondary N) is 1. The van der Waals surface area contributed by atoms with Gasteiger partial charge in [-0.25, -0.2) is 13.1 Å². The van der Waals surface area contributed by atoms with Crippen molar-refractivity contribution in [2.45, 2.75) is 57.4 Å². The maximum absolute atomic E-state index is 12.2. The maximum Gasteiger partial charge on any atom is 0.243 e. The van der Waals surface area contributed by atoms with E-state index in [0.717, 1.165) is 19.3 Å². The van der Waals surface area contributed by atoms with Gasteiger partial charge in [0.05, 0.1) is 5.69 Å². The van der Waals surface area contributed by atoms with Crippen LogP contribution in [0.1, 0.15) is 44.7 Å². The zero-order valence-electron chi connectivity index (χ0n) is 12.2.